The van der Waals surface area contributed by atoms with Crippen LogP contribution in [0.4, 0.5) is 4.79 Å². The highest BCUT2D eigenvalue weighted by Crippen LogP contribution is 2.19. The Bertz CT molecular complexity index is 520. The van der Waals surface area contributed by atoms with Gasteiger partial charge in [-0.05, 0) is 23.6 Å². The zero-order valence-electron chi connectivity index (χ0n) is 10.9. The van der Waals surface area contributed by atoms with Gasteiger partial charge in [-0.3, -0.25) is 0 Å². The van der Waals surface area contributed by atoms with Crippen LogP contribution in [0.15, 0.2) is 54.6 Å². The van der Waals surface area contributed by atoms with Crippen LogP contribution < -0.4 is 5.32 Å². The van der Waals surface area contributed by atoms with Crippen molar-refractivity contribution in [2.24, 2.45) is 0 Å². The average Bonchev–Trinajstić information content (AvgIpc) is 2.47. The molecule has 98 valence electrons. The zero-order valence-corrected chi connectivity index (χ0v) is 10.9. The predicted molar refractivity (Wildman–Crippen MR) is 75.7 cm³/mol. The first-order valence-corrected chi connectivity index (χ1v) is 6.34. The number of benzene rings is 2. The summed E-state index contributed by atoms with van der Waals surface area (Å²) in [5, 5.41) is 2.70. The van der Waals surface area contributed by atoms with Crippen LogP contribution in [0.25, 0.3) is 11.1 Å². The molecule has 2 aromatic rings. The lowest BCUT2D eigenvalue weighted by molar-refractivity contribution is 0.151. The van der Waals surface area contributed by atoms with Crippen LogP contribution in [-0.2, 0) is 11.3 Å². The fourth-order valence-corrected chi connectivity index (χ4v) is 1.80. The van der Waals surface area contributed by atoms with Crippen molar-refractivity contribution < 1.29 is 9.53 Å². The summed E-state index contributed by atoms with van der Waals surface area (Å²) in [7, 11) is 0. The van der Waals surface area contributed by atoms with Gasteiger partial charge in [0.1, 0.15) is 0 Å². The third-order valence-corrected chi connectivity index (χ3v) is 2.77. The molecule has 0 radical (unpaired) electrons. The first kappa shape index (κ1) is 13.1. The van der Waals surface area contributed by atoms with Gasteiger partial charge in [-0.1, -0.05) is 54.6 Å². The number of rotatable bonds is 4. The van der Waals surface area contributed by atoms with E-state index in [0.717, 1.165) is 5.56 Å². The molecule has 0 unspecified atom stereocenters. The first-order valence-electron chi connectivity index (χ1n) is 6.34. The second-order valence-corrected chi connectivity index (χ2v) is 4.14. The van der Waals surface area contributed by atoms with E-state index in [-0.39, 0.29) is 6.09 Å². The summed E-state index contributed by atoms with van der Waals surface area (Å²) in [4.78, 5) is 11.2. The second-order valence-electron chi connectivity index (χ2n) is 4.14. The van der Waals surface area contributed by atoms with Gasteiger partial charge in [0.15, 0.2) is 0 Å². The number of amides is 1. The van der Waals surface area contributed by atoms with Gasteiger partial charge >= 0.3 is 6.09 Å². The number of hydrogen-bond acceptors (Lipinski definition) is 2. The van der Waals surface area contributed by atoms with Gasteiger partial charge in [-0.2, -0.15) is 0 Å². The Balaban J connectivity index is 1.97. The Kier molecular flexibility index (Phi) is 4.56. The van der Waals surface area contributed by atoms with Crippen LogP contribution in [0.3, 0.4) is 0 Å². The van der Waals surface area contributed by atoms with Crippen LogP contribution in [0.2, 0.25) is 0 Å². The molecule has 3 nitrogen and oxygen atoms in total. The van der Waals surface area contributed by atoms with Gasteiger partial charge in [0, 0.05) is 6.54 Å². The van der Waals surface area contributed by atoms with E-state index >= 15 is 0 Å². The minimum Gasteiger partial charge on any atom is -0.450 e. The van der Waals surface area contributed by atoms with Gasteiger partial charge in [0.25, 0.3) is 0 Å². The lowest BCUT2D eigenvalue weighted by atomic mass is 10.0. The molecule has 0 spiro atoms. The topological polar surface area (TPSA) is 38.3 Å². The lowest BCUT2D eigenvalue weighted by Crippen LogP contribution is -2.23. The van der Waals surface area contributed by atoms with Gasteiger partial charge in [0.2, 0.25) is 0 Å². The molecular weight excluding hydrogens is 238 g/mol. The van der Waals surface area contributed by atoms with Gasteiger partial charge in [-0.15, -0.1) is 0 Å². The van der Waals surface area contributed by atoms with Crippen molar-refractivity contribution >= 4 is 6.09 Å². The van der Waals surface area contributed by atoms with E-state index in [1.165, 1.54) is 11.1 Å². The molecule has 19 heavy (non-hydrogen) atoms. The van der Waals surface area contributed by atoms with E-state index < -0.39 is 0 Å². The summed E-state index contributed by atoms with van der Waals surface area (Å²) >= 11 is 0. The highest BCUT2D eigenvalue weighted by Gasteiger charge is 2.01. The van der Waals surface area contributed by atoms with Crippen molar-refractivity contribution in [2.75, 3.05) is 6.61 Å². The van der Waals surface area contributed by atoms with Crippen molar-refractivity contribution in [3.8, 4) is 11.1 Å². The highest BCUT2D eigenvalue weighted by molar-refractivity contribution is 5.67. The van der Waals surface area contributed by atoms with Gasteiger partial charge < -0.3 is 10.1 Å². The molecular formula is C16H17NO2. The summed E-state index contributed by atoms with van der Waals surface area (Å²) in [6.07, 6.45) is -0.380. The van der Waals surface area contributed by atoms with E-state index in [1.807, 2.05) is 30.3 Å². The molecule has 3 heteroatoms. The number of carbonyl (C=O) groups is 1. The van der Waals surface area contributed by atoms with E-state index in [1.54, 1.807) is 6.92 Å². The Morgan fingerprint density at radius 2 is 1.63 bits per heavy atom. The highest BCUT2D eigenvalue weighted by atomic mass is 16.5. The Morgan fingerprint density at radius 3 is 2.26 bits per heavy atom. The normalized spacial score (nSPS) is 9.95. The quantitative estimate of drug-likeness (QED) is 0.906. The first-order chi connectivity index (χ1) is 9.29. The Morgan fingerprint density at radius 1 is 1.00 bits per heavy atom. The lowest BCUT2D eigenvalue weighted by Gasteiger charge is -2.06. The van der Waals surface area contributed by atoms with Crippen molar-refractivity contribution in [3.05, 3.63) is 60.2 Å². The largest absolute Gasteiger partial charge is 0.450 e. The molecule has 2 rings (SSSR count). The molecule has 0 aliphatic carbocycles. The average molecular weight is 255 g/mol. The van der Waals surface area contributed by atoms with Crippen LogP contribution in [0.5, 0.6) is 0 Å². The molecule has 0 bridgehead atoms. The summed E-state index contributed by atoms with van der Waals surface area (Å²) in [6.45, 7) is 2.65. The molecule has 1 N–H and O–H groups in total. The molecule has 1 amide bonds. The number of alkyl carbamates (subject to hydrolysis) is 1. The minimum atomic E-state index is -0.380. The number of carbonyl (C=O) groups excluding carboxylic acids is 1. The Labute approximate surface area is 113 Å². The second kappa shape index (κ2) is 6.59. The van der Waals surface area contributed by atoms with Crippen molar-refractivity contribution in [1.82, 2.24) is 5.32 Å². The summed E-state index contributed by atoms with van der Waals surface area (Å²) in [5.74, 6) is 0. The van der Waals surface area contributed by atoms with Gasteiger partial charge in [0.05, 0.1) is 6.61 Å². The summed E-state index contributed by atoms with van der Waals surface area (Å²) in [5.41, 5.74) is 3.40. The van der Waals surface area contributed by atoms with Crippen molar-refractivity contribution in [3.63, 3.8) is 0 Å². The van der Waals surface area contributed by atoms with E-state index in [9.17, 15) is 4.79 Å². The van der Waals surface area contributed by atoms with Gasteiger partial charge in [-0.25, -0.2) is 4.79 Å². The van der Waals surface area contributed by atoms with Crippen LogP contribution in [0.1, 0.15) is 12.5 Å². The van der Waals surface area contributed by atoms with E-state index in [2.05, 4.69) is 29.6 Å². The zero-order chi connectivity index (χ0) is 13.5. The molecule has 0 aliphatic rings. The van der Waals surface area contributed by atoms with E-state index in [4.69, 9.17) is 4.74 Å². The summed E-state index contributed by atoms with van der Waals surface area (Å²) < 4.78 is 4.81. The van der Waals surface area contributed by atoms with Crippen molar-refractivity contribution in [1.29, 1.82) is 0 Å². The molecule has 0 fully saturated rings. The van der Waals surface area contributed by atoms with Crippen LogP contribution >= 0.6 is 0 Å². The van der Waals surface area contributed by atoms with Crippen LogP contribution in [0, 0.1) is 0 Å². The van der Waals surface area contributed by atoms with Crippen molar-refractivity contribution in [2.45, 2.75) is 13.5 Å². The third-order valence-electron chi connectivity index (χ3n) is 2.77. The maximum absolute atomic E-state index is 11.2. The molecule has 0 aromatic heterocycles. The number of ether oxygens (including phenoxy) is 1. The monoisotopic (exact) mass is 255 g/mol. The predicted octanol–water partition coefficient (Wildman–Crippen LogP) is 3.60. The minimum absolute atomic E-state index is 0.380. The molecule has 0 atom stereocenters. The van der Waals surface area contributed by atoms with E-state index in [0.29, 0.717) is 13.2 Å². The molecule has 2 aromatic carbocycles. The molecule has 0 aliphatic heterocycles. The SMILES string of the molecule is CCOC(=O)NCc1ccc(-c2ccccc2)cc1. The maximum atomic E-state index is 11.2. The Hall–Kier alpha value is -2.29. The molecule has 0 saturated heterocycles. The standard InChI is InChI=1S/C16H17NO2/c1-2-19-16(18)17-12-13-8-10-15(11-9-13)14-6-4-3-5-7-14/h3-11H,2,12H2,1H3,(H,17,18). The smallest absolute Gasteiger partial charge is 0.407 e. The summed E-state index contributed by atoms with van der Waals surface area (Å²) in [6, 6.07) is 18.3. The number of nitrogens with one attached hydrogen (secondary N) is 1. The fourth-order valence-electron chi connectivity index (χ4n) is 1.80. The maximum Gasteiger partial charge on any atom is 0.407 e. The third kappa shape index (κ3) is 3.85. The molecule has 0 saturated carbocycles. The fraction of sp³-hybridized carbons (Fsp3) is 0.188. The van der Waals surface area contributed by atoms with Crippen LogP contribution in [-0.4, -0.2) is 12.7 Å². The molecule has 0 heterocycles. The number of hydrogen-bond donors (Lipinski definition) is 1.